The third-order valence-corrected chi connectivity index (χ3v) is 7.76. The van der Waals surface area contributed by atoms with Crippen molar-refractivity contribution in [2.24, 2.45) is 0 Å². The van der Waals surface area contributed by atoms with Crippen LogP contribution < -0.4 is 14.2 Å². The maximum Gasteiger partial charge on any atom is 0.245 e. The molecule has 0 aliphatic heterocycles. The summed E-state index contributed by atoms with van der Waals surface area (Å²) < 4.78 is 61.1. The Morgan fingerprint density at radius 3 is 2.22 bits per heavy atom. The molecule has 0 radical (unpaired) electrons. The zero-order chi connectivity index (χ0) is 26.0. The lowest BCUT2D eigenvalue weighted by Gasteiger charge is -2.30. The van der Waals surface area contributed by atoms with E-state index in [1.165, 1.54) is 51.5 Å². The second-order valence-electron chi connectivity index (χ2n) is 7.93. The van der Waals surface area contributed by atoms with Gasteiger partial charge < -0.3 is 14.2 Å². The number of nitrogens with one attached hydrogen (secondary N) is 1. The summed E-state index contributed by atoms with van der Waals surface area (Å²) in [5, 5.41) is 7.22. The second-order valence-corrected chi connectivity index (χ2v) is 10.4. The summed E-state index contributed by atoms with van der Waals surface area (Å²) >= 11 is 5.84. The summed E-state index contributed by atoms with van der Waals surface area (Å²) in [4.78, 5) is 16.3. The molecular weight excluding hydrogens is 519 g/mol. The molecule has 0 saturated heterocycles. The molecule has 16 heteroatoms. The number of hydrogen-bond donors (Lipinski definition) is 1. The van der Waals surface area contributed by atoms with E-state index in [0.717, 1.165) is 0 Å². The molecule has 4 atom stereocenters. The minimum absolute atomic E-state index is 0.0514. The normalized spacial score (nSPS) is 19.3. The molecule has 4 unspecified atom stereocenters. The first kappa shape index (κ1) is 25.9. The number of ether oxygens (including phenoxy) is 3. The van der Waals surface area contributed by atoms with Crippen molar-refractivity contribution in [3.8, 4) is 17.4 Å². The van der Waals surface area contributed by atoms with E-state index < -0.39 is 33.5 Å². The molecule has 0 bridgehead atoms. The summed E-state index contributed by atoms with van der Waals surface area (Å²) in [6, 6.07) is 0. The first-order valence-electron chi connectivity index (χ1n) is 10.8. The van der Waals surface area contributed by atoms with Crippen LogP contribution in [-0.4, -0.2) is 75.9 Å². The minimum Gasteiger partial charge on any atom is -0.479 e. The van der Waals surface area contributed by atoms with Crippen LogP contribution >= 0.6 is 11.6 Å². The van der Waals surface area contributed by atoms with Crippen molar-refractivity contribution in [3.63, 3.8) is 0 Å². The summed E-state index contributed by atoms with van der Waals surface area (Å²) in [6.07, 6.45) is 2.54. The van der Waals surface area contributed by atoms with Crippen LogP contribution in [0, 0.1) is 0 Å². The van der Waals surface area contributed by atoms with Gasteiger partial charge >= 0.3 is 0 Å². The van der Waals surface area contributed by atoms with Gasteiger partial charge in [-0.15, -0.1) is 10.2 Å². The van der Waals surface area contributed by atoms with E-state index >= 15 is 0 Å². The highest BCUT2D eigenvalue weighted by molar-refractivity contribution is 7.93. The predicted octanol–water partition coefficient (Wildman–Crippen LogP) is 2.25. The van der Waals surface area contributed by atoms with Crippen LogP contribution in [0.1, 0.15) is 43.4 Å². The fraction of sp³-hybridized carbons (Fsp3) is 0.500. The van der Waals surface area contributed by atoms with Gasteiger partial charge in [-0.2, -0.15) is 9.97 Å². The van der Waals surface area contributed by atoms with Crippen molar-refractivity contribution in [2.45, 2.75) is 43.2 Å². The number of hydrogen-bond acceptors (Lipinski definition) is 11. The number of aromatic nitrogens is 7. The molecule has 3 aromatic rings. The lowest BCUT2D eigenvalue weighted by Crippen LogP contribution is -2.34. The Hall–Kier alpha value is -3.17. The highest BCUT2D eigenvalue weighted by atomic mass is 35.5. The maximum atomic E-state index is 14.4. The Bertz CT molecular complexity index is 1300. The Morgan fingerprint density at radius 2 is 1.72 bits per heavy atom. The SMILES string of the molecule is COc1ncnc(OC)c1-n1c(NS(=O)(=O)C(C)C(OC)c2ncc(Cl)cn2)nnc1C1CCC1F. The van der Waals surface area contributed by atoms with Gasteiger partial charge in [-0.05, 0) is 19.8 Å². The van der Waals surface area contributed by atoms with Crippen LogP contribution in [0.2, 0.25) is 5.02 Å². The molecule has 1 N–H and O–H groups in total. The van der Waals surface area contributed by atoms with Crippen molar-refractivity contribution in [2.75, 3.05) is 26.1 Å². The standard InChI is InChI=1S/C20H24ClFN8O5S/c1-10(15(33-2)16-23-7-11(21)8-24-16)36(31,32)29-20-28-27-17(12-5-6-13(12)22)30(20)14-18(34-3)25-9-26-19(14)35-4/h7-10,12-13,15H,5-6H2,1-4H3,(H,28,29). The van der Waals surface area contributed by atoms with Gasteiger partial charge in [-0.3, -0.25) is 9.29 Å². The highest BCUT2D eigenvalue weighted by Crippen LogP contribution is 2.42. The fourth-order valence-electron chi connectivity index (χ4n) is 3.77. The Balaban J connectivity index is 1.78. The Kier molecular flexibility index (Phi) is 7.51. The lowest BCUT2D eigenvalue weighted by molar-refractivity contribution is 0.0950. The van der Waals surface area contributed by atoms with E-state index in [1.54, 1.807) is 0 Å². The molecule has 36 heavy (non-hydrogen) atoms. The van der Waals surface area contributed by atoms with Gasteiger partial charge in [0.1, 0.15) is 29.7 Å². The summed E-state index contributed by atoms with van der Waals surface area (Å²) in [5.74, 6) is -0.441. The van der Waals surface area contributed by atoms with Crippen LogP contribution in [0.25, 0.3) is 5.69 Å². The smallest absolute Gasteiger partial charge is 0.245 e. The third kappa shape index (κ3) is 4.77. The molecule has 0 aromatic carbocycles. The molecule has 3 aromatic heterocycles. The molecule has 194 valence electrons. The van der Waals surface area contributed by atoms with E-state index in [0.29, 0.717) is 12.8 Å². The maximum absolute atomic E-state index is 14.4. The highest BCUT2D eigenvalue weighted by Gasteiger charge is 2.40. The van der Waals surface area contributed by atoms with E-state index in [1.807, 2.05) is 0 Å². The Morgan fingerprint density at radius 1 is 1.08 bits per heavy atom. The molecule has 0 amide bonds. The molecule has 1 aliphatic rings. The molecule has 3 heterocycles. The zero-order valence-corrected chi connectivity index (χ0v) is 21.4. The number of sulfonamides is 1. The van der Waals surface area contributed by atoms with E-state index in [-0.39, 0.29) is 40.1 Å². The Labute approximate surface area is 211 Å². The van der Waals surface area contributed by atoms with Gasteiger partial charge in [0.15, 0.2) is 11.5 Å². The number of halogens is 2. The van der Waals surface area contributed by atoms with Crippen LogP contribution in [0.3, 0.4) is 0 Å². The number of nitrogens with zero attached hydrogens (tertiary/aromatic N) is 7. The van der Waals surface area contributed by atoms with Gasteiger partial charge in [-0.25, -0.2) is 22.8 Å². The number of rotatable bonds is 10. The van der Waals surface area contributed by atoms with Crippen LogP contribution in [0.4, 0.5) is 10.3 Å². The van der Waals surface area contributed by atoms with Gasteiger partial charge in [-0.1, -0.05) is 11.6 Å². The summed E-state index contributed by atoms with van der Waals surface area (Å²) in [7, 11) is -0.111. The molecular formula is C20H24ClFN8O5S. The van der Waals surface area contributed by atoms with Crippen molar-refractivity contribution < 1.29 is 27.0 Å². The van der Waals surface area contributed by atoms with Crippen molar-refractivity contribution in [3.05, 3.63) is 35.4 Å². The van der Waals surface area contributed by atoms with Crippen LogP contribution in [0.5, 0.6) is 11.8 Å². The molecule has 1 saturated carbocycles. The molecule has 1 aliphatic carbocycles. The predicted molar refractivity (Wildman–Crippen MR) is 126 cm³/mol. The third-order valence-electron chi connectivity index (χ3n) is 5.87. The van der Waals surface area contributed by atoms with Gasteiger partial charge in [0.2, 0.25) is 27.7 Å². The quantitative estimate of drug-likeness (QED) is 0.400. The molecule has 1 fully saturated rings. The monoisotopic (exact) mass is 542 g/mol. The van der Waals surface area contributed by atoms with Crippen molar-refractivity contribution >= 4 is 27.6 Å². The number of anilines is 1. The largest absolute Gasteiger partial charge is 0.479 e. The molecule has 0 spiro atoms. The second kappa shape index (κ2) is 10.4. The van der Waals surface area contributed by atoms with Crippen LogP contribution in [-0.2, 0) is 14.8 Å². The zero-order valence-electron chi connectivity index (χ0n) is 19.8. The van der Waals surface area contributed by atoms with E-state index in [9.17, 15) is 12.8 Å². The van der Waals surface area contributed by atoms with E-state index in [4.69, 9.17) is 25.8 Å². The average Bonchev–Trinajstić information content (AvgIpc) is 3.24. The molecule has 4 rings (SSSR count). The average molecular weight is 543 g/mol. The first-order chi connectivity index (χ1) is 17.2. The van der Waals surface area contributed by atoms with E-state index in [2.05, 4.69) is 34.9 Å². The van der Waals surface area contributed by atoms with Gasteiger partial charge in [0.05, 0.1) is 25.2 Å². The van der Waals surface area contributed by atoms with Gasteiger partial charge in [0.25, 0.3) is 0 Å². The minimum atomic E-state index is -4.19. The van der Waals surface area contributed by atoms with Gasteiger partial charge in [0, 0.05) is 19.5 Å². The number of methoxy groups -OCH3 is 3. The molecule has 13 nitrogen and oxygen atoms in total. The number of alkyl halides is 1. The summed E-state index contributed by atoms with van der Waals surface area (Å²) in [5.41, 5.74) is 0.122. The topological polar surface area (TPSA) is 156 Å². The summed E-state index contributed by atoms with van der Waals surface area (Å²) in [6.45, 7) is 1.42. The van der Waals surface area contributed by atoms with Crippen molar-refractivity contribution in [1.82, 2.24) is 34.7 Å². The lowest BCUT2D eigenvalue weighted by atomic mass is 9.82. The van der Waals surface area contributed by atoms with Crippen molar-refractivity contribution in [1.29, 1.82) is 0 Å². The fourth-order valence-corrected chi connectivity index (χ4v) is 5.00. The van der Waals surface area contributed by atoms with Crippen LogP contribution in [0.15, 0.2) is 18.7 Å². The first-order valence-corrected chi connectivity index (χ1v) is 12.7.